The molecule has 128 valence electrons. The first kappa shape index (κ1) is 16.4. The van der Waals surface area contributed by atoms with Gasteiger partial charge in [-0.1, -0.05) is 0 Å². The molecule has 0 aliphatic heterocycles. The van der Waals surface area contributed by atoms with Crippen LogP contribution in [0.3, 0.4) is 0 Å². The molecule has 1 fully saturated rings. The highest BCUT2D eigenvalue weighted by Crippen LogP contribution is 2.26. The van der Waals surface area contributed by atoms with Crippen LogP contribution < -0.4 is 5.32 Å². The number of carbonyl (C=O) groups excluding carboxylic acids is 2. The molecule has 1 unspecified atom stereocenters. The van der Waals surface area contributed by atoms with E-state index in [1.54, 1.807) is 16.8 Å². The molecule has 0 radical (unpaired) electrons. The zero-order chi connectivity index (χ0) is 17.1. The molecule has 2 heterocycles. The van der Waals surface area contributed by atoms with Crippen molar-refractivity contribution < 1.29 is 19.4 Å². The molecule has 0 saturated heterocycles. The summed E-state index contributed by atoms with van der Waals surface area (Å²) in [5.74, 6) is -0.351. The third-order valence-corrected chi connectivity index (χ3v) is 4.17. The highest BCUT2D eigenvalue weighted by molar-refractivity contribution is 5.97. The Kier molecular flexibility index (Phi) is 4.75. The van der Waals surface area contributed by atoms with Crippen LogP contribution in [0.1, 0.15) is 38.6 Å². The van der Waals surface area contributed by atoms with E-state index >= 15 is 0 Å². The molecule has 0 spiro atoms. The fourth-order valence-corrected chi connectivity index (χ4v) is 3.01. The lowest BCUT2D eigenvalue weighted by molar-refractivity contribution is -0.154. The van der Waals surface area contributed by atoms with Gasteiger partial charge in [-0.05, 0) is 31.7 Å². The van der Waals surface area contributed by atoms with E-state index in [4.69, 9.17) is 4.74 Å². The van der Waals surface area contributed by atoms with Crippen molar-refractivity contribution in [1.82, 2.24) is 14.5 Å². The molecule has 0 bridgehead atoms. The van der Waals surface area contributed by atoms with Gasteiger partial charge in [-0.15, -0.1) is 0 Å². The quantitative estimate of drug-likeness (QED) is 0.802. The summed E-state index contributed by atoms with van der Waals surface area (Å²) in [5.41, 5.74) is 0.455. The Hall–Kier alpha value is -2.48. The van der Waals surface area contributed by atoms with Gasteiger partial charge in [-0.25, -0.2) is 14.8 Å². The predicted molar refractivity (Wildman–Crippen MR) is 86.3 cm³/mol. The molecule has 1 aliphatic rings. The predicted octanol–water partition coefficient (Wildman–Crippen LogP) is 1.41. The summed E-state index contributed by atoms with van der Waals surface area (Å²) in [5, 5.41) is 12.9. The minimum Gasteiger partial charge on any atom is -0.461 e. The van der Waals surface area contributed by atoms with Gasteiger partial charge >= 0.3 is 5.97 Å². The molecule has 1 amide bonds. The molecule has 1 saturated carbocycles. The van der Waals surface area contributed by atoms with Gasteiger partial charge in [-0.3, -0.25) is 4.79 Å². The van der Waals surface area contributed by atoms with E-state index in [9.17, 15) is 14.7 Å². The number of aromatic nitrogens is 3. The molecule has 2 aromatic rings. The number of ether oxygens (including phenoxy) is 1. The largest absolute Gasteiger partial charge is 0.461 e. The molecule has 2 N–H and O–H groups in total. The Morgan fingerprint density at radius 2 is 2.17 bits per heavy atom. The first-order valence-electron chi connectivity index (χ1n) is 8.00. The number of carbonyl (C=O) groups is 2. The highest BCUT2D eigenvalue weighted by Gasteiger charge is 2.27. The number of nitrogens with zero attached hydrogens (tertiary/aromatic N) is 3. The number of esters is 1. The third kappa shape index (κ3) is 3.23. The van der Waals surface area contributed by atoms with Crippen LogP contribution in [0, 0.1) is 0 Å². The smallest absolute Gasteiger partial charge is 0.331 e. The number of rotatable bonds is 5. The minimum atomic E-state index is -0.872. The first-order chi connectivity index (χ1) is 11.6. The van der Waals surface area contributed by atoms with E-state index in [0.717, 1.165) is 25.7 Å². The van der Waals surface area contributed by atoms with Crippen molar-refractivity contribution in [1.29, 1.82) is 0 Å². The van der Waals surface area contributed by atoms with Crippen molar-refractivity contribution in [2.45, 2.75) is 44.8 Å². The van der Waals surface area contributed by atoms with Crippen LogP contribution in [0.2, 0.25) is 0 Å². The Balaban J connectivity index is 1.88. The second-order valence-corrected chi connectivity index (χ2v) is 5.91. The Bertz CT molecular complexity index is 752. The summed E-state index contributed by atoms with van der Waals surface area (Å²) in [6.07, 6.45) is 6.72. The molecule has 2 aromatic heterocycles. The van der Waals surface area contributed by atoms with Crippen LogP contribution in [-0.4, -0.2) is 44.2 Å². The summed E-state index contributed by atoms with van der Waals surface area (Å²) < 4.78 is 7.05. The Morgan fingerprint density at radius 3 is 2.83 bits per heavy atom. The van der Waals surface area contributed by atoms with Crippen molar-refractivity contribution in [3.05, 3.63) is 18.6 Å². The summed E-state index contributed by atoms with van der Waals surface area (Å²) in [7, 11) is 0. The van der Waals surface area contributed by atoms with Gasteiger partial charge in [0.1, 0.15) is 23.9 Å². The van der Waals surface area contributed by atoms with Crippen molar-refractivity contribution in [2.24, 2.45) is 0 Å². The van der Waals surface area contributed by atoms with Crippen LogP contribution >= 0.6 is 0 Å². The maximum absolute atomic E-state index is 12.4. The third-order valence-electron chi connectivity index (χ3n) is 4.17. The van der Waals surface area contributed by atoms with E-state index < -0.39 is 18.6 Å². The minimum absolute atomic E-state index is 0.0713. The summed E-state index contributed by atoms with van der Waals surface area (Å²) >= 11 is 0. The Morgan fingerprint density at radius 1 is 1.42 bits per heavy atom. The van der Waals surface area contributed by atoms with Gasteiger partial charge in [0.05, 0.1) is 12.0 Å². The average molecular weight is 332 g/mol. The van der Waals surface area contributed by atoms with Gasteiger partial charge in [0.25, 0.3) is 0 Å². The number of anilines is 1. The molecule has 3 rings (SSSR count). The van der Waals surface area contributed by atoms with Gasteiger partial charge in [-0.2, -0.15) is 0 Å². The molecular formula is C16H20N4O4. The van der Waals surface area contributed by atoms with Crippen molar-refractivity contribution in [3.8, 4) is 0 Å². The van der Waals surface area contributed by atoms with Crippen LogP contribution in [0.4, 0.5) is 5.82 Å². The van der Waals surface area contributed by atoms with Crippen LogP contribution in [-0.2, 0) is 14.3 Å². The standard InChI is InChI=1S/C16H20N4O4/c1-10(22)19-14-12-6-7-20(15(12)18-9-17-14)13(8-21)16(23)24-11-4-2-3-5-11/h6-7,9,11,13,21H,2-5,8H2,1H3,(H,17,18,19,22). The number of hydrogen-bond donors (Lipinski definition) is 2. The Labute approximate surface area is 138 Å². The fraction of sp³-hybridized carbons (Fsp3) is 0.500. The summed E-state index contributed by atoms with van der Waals surface area (Å²) in [6.45, 7) is 0.995. The van der Waals surface area contributed by atoms with Gasteiger partial charge < -0.3 is 19.7 Å². The van der Waals surface area contributed by atoms with Crippen LogP contribution in [0.25, 0.3) is 11.0 Å². The number of hydrogen-bond acceptors (Lipinski definition) is 6. The number of aliphatic hydroxyl groups excluding tert-OH is 1. The topological polar surface area (TPSA) is 106 Å². The van der Waals surface area contributed by atoms with E-state index in [1.807, 2.05) is 0 Å². The average Bonchev–Trinajstić information content (AvgIpc) is 3.18. The SMILES string of the molecule is CC(=O)Nc1ncnc2c1ccn2C(CO)C(=O)OC1CCCC1. The van der Waals surface area contributed by atoms with Crippen LogP contribution in [0.5, 0.6) is 0 Å². The van der Waals surface area contributed by atoms with Gasteiger partial charge in [0.15, 0.2) is 6.04 Å². The van der Waals surface area contributed by atoms with Crippen molar-refractivity contribution in [2.75, 3.05) is 11.9 Å². The van der Waals surface area contributed by atoms with Gasteiger partial charge in [0.2, 0.25) is 5.91 Å². The van der Waals surface area contributed by atoms with Crippen LogP contribution in [0.15, 0.2) is 18.6 Å². The number of aliphatic hydroxyl groups is 1. The normalized spacial score (nSPS) is 16.2. The molecule has 24 heavy (non-hydrogen) atoms. The van der Waals surface area contributed by atoms with Crippen molar-refractivity contribution in [3.63, 3.8) is 0 Å². The first-order valence-corrected chi connectivity index (χ1v) is 8.00. The lowest BCUT2D eigenvalue weighted by Crippen LogP contribution is -2.28. The summed E-state index contributed by atoms with van der Waals surface area (Å²) in [4.78, 5) is 31.9. The van der Waals surface area contributed by atoms with Crippen molar-refractivity contribution >= 4 is 28.7 Å². The lowest BCUT2D eigenvalue weighted by Gasteiger charge is -2.19. The summed E-state index contributed by atoms with van der Waals surface area (Å²) in [6, 6.07) is 0.828. The zero-order valence-corrected chi connectivity index (χ0v) is 13.4. The monoisotopic (exact) mass is 332 g/mol. The van der Waals surface area contributed by atoms with E-state index in [0.29, 0.717) is 16.9 Å². The maximum atomic E-state index is 12.4. The molecule has 8 nitrogen and oxygen atoms in total. The second-order valence-electron chi connectivity index (χ2n) is 5.91. The molecule has 1 aliphatic carbocycles. The van der Waals surface area contributed by atoms with Gasteiger partial charge in [0, 0.05) is 13.1 Å². The van der Waals surface area contributed by atoms with E-state index in [1.165, 1.54) is 13.3 Å². The molecule has 0 aromatic carbocycles. The number of fused-ring (bicyclic) bond motifs is 1. The molecule has 8 heteroatoms. The highest BCUT2D eigenvalue weighted by atomic mass is 16.5. The molecular weight excluding hydrogens is 312 g/mol. The number of nitrogens with one attached hydrogen (secondary N) is 1. The zero-order valence-electron chi connectivity index (χ0n) is 13.4. The second kappa shape index (κ2) is 6.96. The number of amides is 1. The molecule has 1 atom stereocenters. The van der Waals surface area contributed by atoms with E-state index in [2.05, 4.69) is 15.3 Å². The fourth-order valence-electron chi connectivity index (χ4n) is 3.01. The maximum Gasteiger partial charge on any atom is 0.331 e. The lowest BCUT2D eigenvalue weighted by atomic mass is 10.2. The van der Waals surface area contributed by atoms with E-state index in [-0.39, 0.29) is 12.0 Å².